The molecule has 0 aliphatic carbocycles. The van der Waals surface area contributed by atoms with E-state index in [9.17, 15) is 22.8 Å². The highest BCUT2D eigenvalue weighted by atomic mass is 19.4. The average molecular weight is 433 g/mol. The summed E-state index contributed by atoms with van der Waals surface area (Å²) in [6.45, 7) is 1.47. The fourth-order valence-corrected chi connectivity index (χ4v) is 3.33. The minimum absolute atomic E-state index is 0.0518. The summed E-state index contributed by atoms with van der Waals surface area (Å²) in [5, 5.41) is 1.97. The number of carbonyl (C=O) groups excluding carboxylic acids is 2. The number of nitrogens with zero attached hydrogens (tertiary/aromatic N) is 4. The molecule has 0 saturated carbocycles. The summed E-state index contributed by atoms with van der Waals surface area (Å²) in [4.78, 5) is 35.1. The van der Waals surface area contributed by atoms with Crippen LogP contribution in [0.5, 0.6) is 0 Å². The molecule has 11 heteroatoms. The van der Waals surface area contributed by atoms with Crippen molar-refractivity contribution in [3.05, 3.63) is 66.0 Å². The van der Waals surface area contributed by atoms with Crippen LogP contribution in [-0.2, 0) is 4.74 Å². The van der Waals surface area contributed by atoms with Gasteiger partial charge in [0.1, 0.15) is 0 Å². The molecule has 31 heavy (non-hydrogen) atoms. The Bertz CT molecular complexity index is 1090. The highest BCUT2D eigenvalue weighted by Gasteiger charge is 2.43. The maximum atomic E-state index is 13.6. The summed E-state index contributed by atoms with van der Waals surface area (Å²) in [5.74, 6) is -1.54. The lowest BCUT2D eigenvalue weighted by molar-refractivity contribution is -0.156. The van der Waals surface area contributed by atoms with Gasteiger partial charge in [-0.25, -0.2) is 4.98 Å². The van der Waals surface area contributed by atoms with Gasteiger partial charge < -0.3 is 15.0 Å². The number of aromatic nitrogens is 3. The van der Waals surface area contributed by atoms with Gasteiger partial charge in [0.05, 0.1) is 24.4 Å². The van der Waals surface area contributed by atoms with Crippen molar-refractivity contribution >= 4 is 17.3 Å². The van der Waals surface area contributed by atoms with Crippen LogP contribution in [0.15, 0.2) is 48.8 Å². The van der Waals surface area contributed by atoms with Crippen LogP contribution in [0.4, 0.5) is 13.2 Å². The molecule has 3 aromatic heterocycles. The number of pyridine rings is 2. The molecule has 2 amide bonds. The number of carbonyl (C=O) groups is 2. The van der Waals surface area contributed by atoms with Gasteiger partial charge in [-0.3, -0.25) is 19.0 Å². The van der Waals surface area contributed by atoms with Gasteiger partial charge in [0.25, 0.3) is 11.8 Å². The Labute approximate surface area is 174 Å². The van der Waals surface area contributed by atoms with Crippen molar-refractivity contribution in [3.63, 3.8) is 0 Å². The summed E-state index contributed by atoms with van der Waals surface area (Å²) in [6.07, 6.45) is -2.02. The third-order valence-corrected chi connectivity index (χ3v) is 4.84. The first-order valence-corrected chi connectivity index (χ1v) is 9.49. The normalized spacial score (nSPS) is 15.6. The van der Waals surface area contributed by atoms with E-state index in [1.165, 1.54) is 46.0 Å². The summed E-state index contributed by atoms with van der Waals surface area (Å²) in [5.41, 5.74) is -0.405. The molecule has 1 fully saturated rings. The van der Waals surface area contributed by atoms with Crippen molar-refractivity contribution in [3.8, 4) is 0 Å². The molecule has 0 bridgehead atoms. The molecule has 1 saturated heterocycles. The maximum absolute atomic E-state index is 13.6. The summed E-state index contributed by atoms with van der Waals surface area (Å²) < 4.78 is 47.5. The minimum Gasteiger partial charge on any atom is -0.378 e. The SMILES string of the molecule is O=C(NC(c1ccccn1)C(F)(F)F)c1nc(C(=O)N2CCOCC2)n2ccccc12. The van der Waals surface area contributed by atoms with Gasteiger partial charge >= 0.3 is 6.18 Å². The number of hydrogen-bond donors (Lipinski definition) is 1. The highest BCUT2D eigenvalue weighted by Crippen LogP contribution is 2.32. The van der Waals surface area contributed by atoms with Gasteiger partial charge in [-0.15, -0.1) is 0 Å². The number of rotatable bonds is 4. The number of fused-ring (bicyclic) bond motifs is 1. The Morgan fingerprint density at radius 1 is 1.10 bits per heavy atom. The second kappa shape index (κ2) is 8.34. The van der Waals surface area contributed by atoms with Gasteiger partial charge in [-0.2, -0.15) is 13.2 Å². The van der Waals surface area contributed by atoms with E-state index in [1.54, 1.807) is 12.1 Å². The number of hydrogen-bond acceptors (Lipinski definition) is 5. The van der Waals surface area contributed by atoms with E-state index in [2.05, 4.69) is 9.97 Å². The van der Waals surface area contributed by atoms with Crippen LogP contribution in [0.2, 0.25) is 0 Å². The molecule has 4 heterocycles. The van der Waals surface area contributed by atoms with E-state index in [0.717, 1.165) is 0 Å². The molecule has 8 nitrogen and oxygen atoms in total. The van der Waals surface area contributed by atoms with Crippen molar-refractivity contribution < 1.29 is 27.5 Å². The number of nitrogens with one attached hydrogen (secondary N) is 1. The molecule has 4 rings (SSSR count). The van der Waals surface area contributed by atoms with Crippen molar-refractivity contribution in [1.29, 1.82) is 0 Å². The van der Waals surface area contributed by atoms with Crippen molar-refractivity contribution in [2.75, 3.05) is 26.3 Å². The number of halogens is 3. The highest BCUT2D eigenvalue weighted by molar-refractivity contribution is 6.02. The fraction of sp³-hybridized carbons (Fsp3) is 0.300. The number of imidazole rings is 1. The minimum atomic E-state index is -4.77. The maximum Gasteiger partial charge on any atom is 0.414 e. The Hall–Kier alpha value is -3.47. The number of alkyl halides is 3. The Kier molecular flexibility index (Phi) is 5.59. The molecular weight excluding hydrogens is 415 g/mol. The van der Waals surface area contributed by atoms with E-state index in [4.69, 9.17) is 4.74 Å². The number of amides is 2. The topological polar surface area (TPSA) is 88.8 Å². The fourth-order valence-electron chi connectivity index (χ4n) is 3.33. The van der Waals surface area contributed by atoms with Crippen LogP contribution in [0, 0.1) is 0 Å². The van der Waals surface area contributed by atoms with Gasteiger partial charge in [-0.1, -0.05) is 12.1 Å². The third-order valence-electron chi connectivity index (χ3n) is 4.84. The second-order valence-electron chi connectivity index (χ2n) is 6.85. The predicted molar refractivity (Wildman–Crippen MR) is 102 cm³/mol. The molecule has 1 aliphatic rings. The van der Waals surface area contributed by atoms with Crippen LogP contribution in [-0.4, -0.2) is 63.6 Å². The van der Waals surface area contributed by atoms with E-state index >= 15 is 0 Å². The van der Waals surface area contributed by atoms with Crippen molar-refractivity contribution in [1.82, 2.24) is 24.6 Å². The molecule has 1 N–H and O–H groups in total. The first-order chi connectivity index (χ1) is 14.9. The smallest absolute Gasteiger partial charge is 0.378 e. The van der Waals surface area contributed by atoms with Crippen LogP contribution in [0.1, 0.15) is 32.8 Å². The molecule has 0 spiro atoms. The van der Waals surface area contributed by atoms with Gasteiger partial charge in [0.15, 0.2) is 11.7 Å². The Balaban J connectivity index is 1.69. The Morgan fingerprint density at radius 2 is 1.84 bits per heavy atom. The molecule has 0 radical (unpaired) electrons. The zero-order valence-electron chi connectivity index (χ0n) is 16.2. The monoisotopic (exact) mass is 433 g/mol. The van der Waals surface area contributed by atoms with E-state index in [0.29, 0.717) is 26.3 Å². The summed E-state index contributed by atoms with van der Waals surface area (Å²) in [7, 11) is 0. The van der Waals surface area contributed by atoms with Crippen LogP contribution >= 0.6 is 0 Å². The first-order valence-electron chi connectivity index (χ1n) is 9.49. The van der Waals surface area contributed by atoms with Gasteiger partial charge in [0, 0.05) is 25.5 Å². The molecule has 1 atom stereocenters. The van der Waals surface area contributed by atoms with Gasteiger partial charge in [-0.05, 0) is 24.3 Å². The average Bonchev–Trinajstić information content (AvgIpc) is 3.17. The van der Waals surface area contributed by atoms with Crippen molar-refractivity contribution in [2.24, 2.45) is 0 Å². The zero-order valence-corrected chi connectivity index (χ0v) is 16.2. The summed E-state index contributed by atoms with van der Waals surface area (Å²) >= 11 is 0. The van der Waals surface area contributed by atoms with Crippen LogP contribution in [0.3, 0.4) is 0 Å². The van der Waals surface area contributed by atoms with Crippen LogP contribution in [0.25, 0.3) is 5.52 Å². The second-order valence-corrected chi connectivity index (χ2v) is 6.85. The third kappa shape index (κ3) is 4.22. The number of ether oxygens (including phenoxy) is 1. The lowest BCUT2D eigenvalue weighted by Gasteiger charge is -2.26. The first kappa shape index (κ1) is 20.8. The van der Waals surface area contributed by atoms with E-state index in [1.807, 2.05) is 5.32 Å². The molecule has 3 aromatic rings. The Morgan fingerprint density at radius 3 is 2.52 bits per heavy atom. The summed E-state index contributed by atoms with van der Waals surface area (Å²) in [6, 6.07) is 6.50. The lowest BCUT2D eigenvalue weighted by Crippen LogP contribution is -2.41. The standard InChI is InChI=1S/C20H18F3N5O3/c21-20(22,23)16(13-5-1-3-7-24-13)26-18(29)15-14-6-2-4-8-28(14)17(25-15)19(30)27-9-11-31-12-10-27/h1-8,16H,9-12H2,(H,26,29). The molecule has 1 unspecified atom stereocenters. The largest absolute Gasteiger partial charge is 0.414 e. The number of morpholine rings is 1. The lowest BCUT2D eigenvalue weighted by atomic mass is 10.1. The van der Waals surface area contributed by atoms with E-state index < -0.39 is 24.0 Å². The van der Waals surface area contributed by atoms with Crippen molar-refractivity contribution in [2.45, 2.75) is 12.2 Å². The van der Waals surface area contributed by atoms with Crippen LogP contribution < -0.4 is 5.32 Å². The zero-order chi connectivity index (χ0) is 22.0. The molecular formula is C20H18F3N5O3. The predicted octanol–water partition coefficient (Wildman–Crippen LogP) is 2.24. The molecule has 162 valence electrons. The van der Waals surface area contributed by atoms with E-state index in [-0.39, 0.29) is 22.7 Å². The van der Waals surface area contributed by atoms with Gasteiger partial charge in [0.2, 0.25) is 5.82 Å². The molecule has 1 aliphatic heterocycles. The molecule has 0 aromatic carbocycles. The quantitative estimate of drug-likeness (QED) is 0.682.